The molecule has 6 rings (SSSR count). The van der Waals surface area contributed by atoms with Crippen LogP contribution in [0.5, 0.6) is 11.5 Å². The summed E-state index contributed by atoms with van der Waals surface area (Å²) in [6.07, 6.45) is 2.90. The Morgan fingerprint density at radius 1 is 1.06 bits per heavy atom. The van der Waals surface area contributed by atoms with Crippen LogP contribution in [-0.2, 0) is 17.6 Å². The number of benzene rings is 2. The quantitative estimate of drug-likeness (QED) is 0.553. The van der Waals surface area contributed by atoms with Crippen molar-refractivity contribution in [2.75, 3.05) is 13.3 Å². The van der Waals surface area contributed by atoms with Crippen LogP contribution >= 0.6 is 0 Å². The average molecular weight is 411 g/mol. The monoisotopic (exact) mass is 411 g/mol. The minimum atomic E-state index is -0.237. The number of pyridine rings is 1. The van der Waals surface area contributed by atoms with Crippen LogP contribution in [0, 0.1) is 0 Å². The molecule has 1 N–H and O–H groups in total. The van der Waals surface area contributed by atoms with Crippen molar-refractivity contribution in [3.63, 3.8) is 0 Å². The second kappa shape index (κ2) is 7.16. The van der Waals surface area contributed by atoms with Crippen molar-refractivity contribution in [1.82, 2.24) is 14.9 Å². The number of H-pyrrole nitrogens is 1. The van der Waals surface area contributed by atoms with Crippen LogP contribution < -0.4 is 9.47 Å². The Bertz CT molecular complexity index is 1280. The minimum Gasteiger partial charge on any atom is -0.454 e. The molecular formula is C25H21N3O3. The van der Waals surface area contributed by atoms with E-state index in [9.17, 15) is 4.79 Å². The van der Waals surface area contributed by atoms with Gasteiger partial charge >= 0.3 is 0 Å². The summed E-state index contributed by atoms with van der Waals surface area (Å²) < 4.78 is 10.9. The van der Waals surface area contributed by atoms with Crippen molar-refractivity contribution in [2.24, 2.45) is 0 Å². The summed E-state index contributed by atoms with van der Waals surface area (Å²) in [5.41, 5.74) is 5.22. The summed E-state index contributed by atoms with van der Waals surface area (Å²) in [5.74, 6) is 1.49. The Balaban J connectivity index is 1.38. The number of rotatable bonds is 3. The Kier molecular flexibility index (Phi) is 4.16. The molecule has 1 amide bonds. The van der Waals surface area contributed by atoms with Crippen LogP contribution in [0.15, 0.2) is 66.9 Å². The number of aromatic nitrogens is 2. The van der Waals surface area contributed by atoms with Gasteiger partial charge in [0.05, 0.1) is 12.1 Å². The Labute approximate surface area is 179 Å². The summed E-state index contributed by atoms with van der Waals surface area (Å²) in [5, 5.41) is 1.22. The highest BCUT2D eigenvalue weighted by Gasteiger charge is 2.35. The number of para-hydroxylation sites is 1. The largest absolute Gasteiger partial charge is 0.454 e. The molecule has 2 aromatic heterocycles. The number of hydrogen-bond acceptors (Lipinski definition) is 4. The van der Waals surface area contributed by atoms with Crippen molar-refractivity contribution in [1.29, 1.82) is 0 Å². The molecule has 154 valence electrons. The minimum absolute atomic E-state index is 0.0684. The highest BCUT2D eigenvalue weighted by atomic mass is 16.7. The number of carbonyl (C=O) groups is 1. The summed E-state index contributed by atoms with van der Waals surface area (Å²) in [7, 11) is 0. The number of amides is 1. The zero-order chi connectivity index (χ0) is 20.8. The summed E-state index contributed by atoms with van der Waals surface area (Å²) >= 11 is 0. The van der Waals surface area contributed by atoms with E-state index in [0.29, 0.717) is 18.7 Å². The SMILES string of the molecule is O=C(Cc1ccc2c(c1)OCO2)N1CCc2c([nH]c3ccccc23)[C@@H]1c1ccccn1. The Hall–Kier alpha value is -3.80. The lowest BCUT2D eigenvalue weighted by Gasteiger charge is -2.35. The maximum absolute atomic E-state index is 13.5. The molecule has 4 aromatic rings. The van der Waals surface area contributed by atoms with E-state index in [0.717, 1.165) is 34.6 Å². The standard InChI is InChI=1S/C25H21N3O3/c29-23(14-16-8-9-21-22(13-16)31-15-30-21)28-12-10-18-17-5-1-2-6-19(17)27-24(18)25(28)20-7-3-4-11-26-20/h1-9,11,13,25,27H,10,12,14-15H2/t25-/m0/s1. The molecule has 6 nitrogen and oxygen atoms in total. The van der Waals surface area contributed by atoms with E-state index in [1.807, 2.05) is 47.4 Å². The van der Waals surface area contributed by atoms with Gasteiger partial charge in [0.2, 0.25) is 12.7 Å². The Morgan fingerprint density at radius 2 is 1.94 bits per heavy atom. The first-order valence-electron chi connectivity index (χ1n) is 10.5. The van der Waals surface area contributed by atoms with E-state index >= 15 is 0 Å². The summed E-state index contributed by atoms with van der Waals surface area (Å²) in [6, 6.07) is 19.6. The Morgan fingerprint density at radius 3 is 2.84 bits per heavy atom. The van der Waals surface area contributed by atoms with E-state index in [2.05, 4.69) is 28.2 Å². The molecule has 4 heterocycles. The van der Waals surface area contributed by atoms with Crippen molar-refractivity contribution in [3.05, 3.63) is 89.4 Å². The molecule has 2 aromatic carbocycles. The van der Waals surface area contributed by atoms with Gasteiger partial charge in [0.1, 0.15) is 6.04 Å². The van der Waals surface area contributed by atoms with Gasteiger partial charge in [-0.1, -0.05) is 30.3 Å². The molecule has 2 aliphatic rings. The van der Waals surface area contributed by atoms with Crippen LogP contribution in [0.2, 0.25) is 0 Å². The lowest BCUT2D eigenvalue weighted by Crippen LogP contribution is -2.41. The maximum atomic E-state index is 13.5. The van der Waals surface area contributed by atoms with Crippen LogP contribution in [0.3, 0.4) is 0 Å². The van der Waals surface area contributed by atoms with Gasteiger partial charge in [0, 0.05) is 29.3 Å². The third-order valence-electron chi connectivity index (χ3n) is 6.12. The average Bonchev–Trinajstić information content (AvgIpc) is 3.43. The molecule has 0 aliphatic carbocycles. The number of ether oxygens (including phenoxy) is 2. The maximum Gasteiger partial charge on any atom is 0.231 e. The fourth-order valence-corrected chi connectivity index (χ4v) is 4.68. The van der Waals surface area contributed by atoms with Crippen LogP contribution in [0.1, 0.15) is 28.6 Å². The lowest BCUT2D eigenvalue weighted by atomic mass is 9.94. The van der Waals surface area contributed by atoms with Crippen molar-refractivity contribution < 1.29 is 14.3 Å². The van der Waals surface area contributed by atoms with E-state index in [4.69, 9.17) is 9.47 Å². The van der Waals surface area contributed by atoms with E-state index in [1.54, 1.807) is 6.20 Å². The van der Waals surface area contributed by atoms with Gasteiger partial charge in [-0.05, 0) is 47.9 Å². The third-order valence-corrected chi connectivity index (χ3v) is 6.12. The topological polar surface area (TPSA) is 67.5 Å². The molecule has 31 heavy (non-hydrogen) atoms. The van der Waals surface area contributed by atoms with Crippen LogP contribution in [0.25, 0.3) is 10.9 Å². The van der Waals surface area contributed by atoms with Crippen molar-refractivity contribution in [3.8, 4) is 11.5 Å². The molecular weight excluding hydrogens is 390 g/mol. The molecule has 0 radical (unpaired) electrons. The molecule has 0 fully saturated rings. The van der Waals surface area contributed by atoms with Crippen LogP contribution in [-0.4, -0.2) is 34.1 Å². The van der Waals surface area contributed by atoms with Gasteiger partial charge in [-0.25, -0.2) is 0 Å². The van der Waals surface area contributed by atoms with E-state index < -0.39 is 0 Å². The van der Waals surface area contributed by atoms with Gasteiger partial charge < -0.3 is 19.4 Å². The normalized spacial score (nSPS) is 17.0. The van der Waals surface area contributed by atoms with Gasteiger partial charge in [0.25, 0.3) is 0 Å². The molecule has 1 atom stereocenters. The van der Waals surface area contributed by atoms with Crippen molar-refractivity contribution in [2.45, 2.75) is 18.9 Å². The van der Waals surface area contributed by atoms with E-state index in [1.165, 1.54) is 10.9 Å². The van der Waals surface area contributed by atoms with Gasteiger partial charge in [0.15, 0.2) is 11.5 Å². The fourth-order valence-electron chi connectivity index (χ4n) is 4.68. The first-order chi connectivity index (χ1) is 15.3. The number of hydrogen-bond donors (Lipinski definition) is 1. The number of carbonyl (C=O) groups excluding carboxylic acids is 1. The molecule has 0 saturated heterocycles. The number of nitrogens with zero attached hydrogens (tertiary/aromatic N) is 2. The second-order valence-corrected chi connectivity index (χ2v) is 7.92. The smallest absolute Gasteiger partial charge is 0.231 e. The van der Waals surface area contributed by atoms with Gasteiger partial charge in [-0.3, -0.25) is 9.78 Å². The number of fused-ring (bicyclic) bond motifs is 4. The zero-order valence-corrected chi connectivity index (χ0v) is 16.9. The second-order valence-electron chi connectivity index (χ2n) is 7.92. The number of nitrogens with one attached hydrogen (secondary N) is 1. The first-order valence-corrected chi connectivity index (χ1v) is 10.5. The van der Waals surface area contributed by atoms with Crippen LogP contribution in [0.4, 0.5) is 0 Å². The highest BCUT2D eigenvalue weighted by molar-refractivity contribution is 5.87. The van der Waals surface area contributed by atoms with E-state index in [-0.39, 0.29) is 18.7 Å². The summed E-state index contributed by atoms with van der Waals surface area (Å²) in [4.78, 5) is 23.6. The summed E-state index contributed by atoms with van der Waals surface area (Å²) in [6.45, 7) is 0.878. The predicted octanol–water partition coefficient (Wildman–Crippen LogP) is 4.01. The fraction of sp³-hybridized carbons (Fsp3) is 0.200. The molecule has 0 bridgehead atoms. The molecule has 0 unspecified atom stereocenters. The van der Waals surface area contributed by atoms with Crippen molar-refractivity contribution >= 4 is 16.8 Å². The molecule has 2 aliphatic heterocycles. The third kappa shape index (κ3) is 3.03. The molecule has 0 saturated carbocycles. The number of aromatic amines is 1. The predicted molar refractivity (Wildman–Crippen MR) is 116 cm³/mol. The lowest BCUT2D eigenvalue weighted by molar-refractivity contribution is -0.132. The molecule has 6 heteroatoms. The first kappa shape index (κ1) is 18.0. The molecule has 0 spiro atoms. The zero-order valence-electron chi connectivity index (χ0n) is 16.9. The highest BCUT2D eigenvalue weighted by Crippen LogP contribution is 2.38. The van der Waals surface area contributed by atoms with Gasteiger partial charge in [-0.2, -0.15) is 0 Å². The van der Waals surface area contributed by atoms with Gasteiger partial charge in [-0.15, -0.1) is 0 Å².